The van der Waals surface area contributed by atoms with Crippen LogP contribution < -0.4 is 10.2 Å². The number of ketones is 1. The molecular weight excluding hydrogens is 407 g/mol. The first-order valence-electron chi connectivity index (χ1n) is 11.7. The van der Waals surface area contributed by atoms with Crippen LogP contribution in [0.5, 0.6) is 0 Å². The summed E-state index contributed by atoms with van der Waals surface area (Å²) in [6.07, 6.45) is 5.69. The van der Waals surface area contributed by atoms with Crippen molar-refractivity contribution in [3.05, 3.63) is 47.5 Å². The van der Waals surface area contributed by atoms with E-state index in [1.54, 1.807) is 18.5 Å². The van der Waals surface area contributed by atoms with Crippen LogP contribution in [0.4, 0.5) is 16.0 Å². The molecule has 0 spiro atoms. The lowest BCUT2D eigenvalue weighted by Crippen LogP contribution is -2.51. The zero-order valence-corrected chi connectivity index (χ0v) is 18.5. The van der Waals surface area contributed by atoms with Gasteiger partial charge in [-0.25, -0.2) is 14.4 Å². The number of piperazine rings is 1. The van der Waals surface area contributed by atoms with E-state index < -0.39 is 0 Å². The Hall–Kier alpha value is -2.58. The van der Waals surface area contributed by atoms with Gasteiger partial charge in [-0.1, -0.05) is 24.6 Å². The van der Waals surface area contributed by atoms with Crippen LogP contribution in [0.2, 0.25) is 0 Å². The number of Topliss-reactive ketones (excluding diaryl/α,β-unsaturated/α-hetero) is 1. The van der Waals surface area contributed by atoms with Gasteiger partial charge in [0, 0.05) is 50.3 Å². The highest BCUT2D eigenvalue weighted by atomic mass is 19.1. The van der Waals surface area contributed by atoms with Crippen LogP contribution in [-0.2, 0) is 11.2 Å². The van der Waals surface area contributed by atoms with Gasteiger partial charge in [0.15, 0.2) is 5.78 Å². The molecule has 0 amide bonds. The summed E-state index contributed by atoms with van der Waals surface area (Å²) in [6.45, 7) is 6.63. The van der Waals surface area contributed by atoms with Crippen molar-refractivity contribution in [3.8, 4) is 0 Å². The summed E-state index contributed by atoms with van der Waals surface area (Å²) in [5, 5.41) is 3.11. The number of nitrogens with one attached hydrogen (secondary N) is 1. The number of carbonyl (C=O) groups excluding carboxylic acids is 1. The molecule has 32 heavy (non-hydrogen) atoms. The molecule has 0 aliphatic carbocycles. The lowest BCUT2D eigenvalue weighted by molar-refractivity contribution is -0.117. The number of aromatic nitrogens is 2. The van der Waals surface area contributed by atoms with E-state index in [-0.39, 0.29) is 17.6 Å². The minimum absolute atomic E-state index is 0.0407. The van der Waals surface area contributed by atoms with Crippen LogP contribution in [0.25, 0.3) is 0 Å². The molecule has 0 bridgehead atoms. The highest BCUT2D eigenvalue weighted by molar-refractivity contribution is 5.90. The molecule has 4 heterocycles. The average molecular weight is 439 g/mol. The number of likely N-dealkylation sites (tertiary alicyclic amines) is 1. The molecule has 1 aromatic heterocycles. The van der Waals surface area contributed by atoms with Crippen molar-refractivity contribution < 1.29 is 9.18 Å². The van der Waals surface area contributed by atoms with Crippen LogP contribution in [0.15, 0.2) is 30.6 Å². The molecule has 2 aromatic rings. The SMILES string of the molecule is O=C1CNc2ncnc(N3CCN(C(CN4CCCCC4)c4ccccc4F)CC3)c2C1. The molecule has 7 nitrogen and oxygen atoms in total. The van der Waals surface area contributed by atoms with Crippen molar-refractivity contribution in [2.24, 2.45) is 0 Å². The molecule has 2 saturated heterocycles. The third kappa shape index (κ3) is 4.47. The molecule has 1 unspecified atom stereocenters. The fourth-order valence-electron chi connectivity index (χ4n) is 5.22. The van der Waals surface area contributed by atoms with Gasteiger partial charge in [-0.15, -0.1) is 0 Å². The minimum Gasteiger partial charge on any atom is -0.363 e. The average Bonchev–Trinajstić information content (AvgIpc) is 2.83. The summed E-state index contributed by atoms with van der Waals surface area (Å²) >= 11 is 0. The predicted octanol–water partition coefficient (Wildman–Crippen LogP) is 2.50. The number of piperidine rings is 1. The summed E-state index contributed by atoms with van der Waals surface area (Å²) in [4.78, 5) is 28.0. The van der Waals surface area contributed by atoms with Gasteiger partial charge in [0.05, 0.1) is 12.6 Å². The molecular formula is C24H31FN6O. The first-order chi connectivity index (χ1) is 15.7. The van der Waals surface area contributed by atoms with Gasteiger partial charge < -0.3 is 15.1 Å². The first-order valence-corrected chi connectivity index (χ1v) is 11.7. The van der Waals surface area contributed by atoms with Gasteiger partial charge in [0.25, 0.3) is 0 Å². The number of benzene rings is 1. The van der Waals surface area contributed by atoms with Crippen molar-refractivity contribution in [1.82, 2.24) is 19.8 Å². The number of hydrogen-bond donors (Lipinski definition) is 1. The molecule has 0 radical (unpaired) electrons. The molecule has 3 aliphatic rings. The maximum atomic E-state index is 14.8. The van der Waals surface area contributed by atoms with Crippen LogP contribution in [0, 0.1) is 5.82 Å². The van der Waals surface area contributed by atoms with Gasteiger partial charge in [0.2, 0.25) is 0 Å². The number of rotatable bonds is 5. The smallest absolute Gasteiger partial charge is 0.156 e. The van der Waals surface area contributed by atoms with E-state index in [4.69, 9.17) is 0 Å². The Labute approximate surface area is 188 Å². The third-order valence-corrected chi connectivity index (χ3v) is 6.95. The second-order valence-corrected chi connectivity index (χ2v) is 9.02. The van der Waals surface area contributed by atoms with Crippen LogP contribution in [-0.4, -0.2) is 77.9 Å². The predicted molar refractivity (Wildman–Crippen MR) is 122 cm³/mol. The number of fused-ring (bicyclic) bond motifs is 1. The molecule has 170 valence electrons. The second kappa shape index (κ2) is 9.50. The number of nitrogens with zero attached hydrogens (tertiary/aromatic N) is 5. The topological polar surface area (TPSA) is 64.6 Å². The Kier molecular flexibility index (Phi) is 6.32. The lowest BCUT2D eigenvalue weighted by Gasteiger charge is -2.42. The summed E-state index contributed by atoms with van der Waals surface area (Å²) in [5.41, 5.74) is 1.69. The van der Waals surface area contributed by atoms with Crippen molar-refractivity contribution >= 4 is 17.4 Å². The molecule has 1 N–H and O–H groups in total. The summed E-state index contributed by atoms with van der Waals surface area (Å²) in [5.74, 6) is 1.67. The maximum absolute atomic E-state index is 14.8. The van der Waals surface area contributed by atoms with Gasteiger partial charge in [-0.2, -0.15) is 0 Å². The molecule has 2 fully saturated rings. The number of halogens is 1. The Balaban J connectivity index is 1.33. The Morgan fingerprint density at radius 2 is 1.78 bits per heavy atom. The summed E-state index contributed by atoms with van der Waals surface area (Å²) in [7, 11) is 0. The zero-order valence-electron chi connectivity index (χ0n) is 18.5. The van der Waals surface area contributed by atoms with Crippen LogP contribution >= 0.6 is 0 Å². The number of carbonyl (C=O) groups is 1. The van der Waals surface area contributed by atoms with Crippen molar-refractivity contribution in [2.75, 3.05) is 62.6 Å². The molecule has 1 aromatic carbocycles. The quantitative estimate of drug-likeness (QED) is 0.770. The van der Waals surface area contributed by atoms with Crippen molar-refractivity contribution in [1.29, 1.82) is 0 Å². The van der Waals surface area contributed by atoms with Crippen LogP contribution in [0.1, 0.15) is 36.4 Å². The van der Waals surface area contributed by atoms with Gasteiger partial charge >= 0.3 is 0 Å². The summed E-state index contributed by atoms with van der Waals surface area (Å²) in [6, 6.07) is 7.26. The zero-order chi connectivity index (χ0) is 21.9. The summed E-state index contributed by atoms with van der Waals surface area (Å²) < 4.78 is 14.8. The number of hydrogen-bond acceptors (Lipinski definition) is 7. The molecule has 1 atom stereocenters. The van der Waals surface area contributed by atoms with Crippen molar-refractivity contribution in [3.63, 3.8) is 0 Å². The van der Waals surface area contributed by atoms with E-state index in [0.29, 0.717) is 13.0 Å². The van der Waals surface area contributed by atoms with Crippen molar-refractivity contribution in [2.45, 2.75) is 31.7 Å². The fraction of sp³-hybridized carbons (Fsp3) is 0.542. The standard InChI is InChI=1S/C24H31FN6O/c25-21-7-3-2-6-19(21)22(16-29-8-4-1-5-9-29)30-10-12-31(13-11-30)24-20-14-18(32)15-26-23(20)27-17-28-24/h2-3,6-7,17,22H,1,4-5,8-16H2,(H,26,27,28). The fourth-order valence-corrected chi connectivity index (χ4v) is 5.22. The molecule has 3 aliphatic heterocycles. The Morgan fingerprint density at radius 3 is 2.56 bits per heavy atom. The molecule has 0 saturated carbocycles. The van der Waals surface area contributed by atoms with Gasteiger partial charge in [-0.05, 0) is 32.0 Å². The Morgan fingerprint density at radius 1 is 1.00 bits per heavy atom. The minimum atomic E-state index is -0.119. The van der Waals surface area contributed by atoms with E-state index in [0.717, 1.165) is 68.6 Å². The largest absolute Gasteiger partial charge is 0.363 e. The second-order valence-electron chi connectivity index (χ2n) is 9.02. The third-order valence-electron chi connectivity index (χ3n) is 6.95. The van der Waals surface area contributed by atoms with Gasteiger partial charge in [-0.3, -0.25) is 9.69 Å². The lowest BCUT2D eigenvalue weighted by atomic mass is 10.0. The first kappa shape index (κ1) is 21.3. The van der Waals surface area contributed by atoms with E-state index in [2.05, 4.69) is 30.0 Å². The number of anilines is 2. The normalized spacial score (nSPS) is 21.2. The Bertz CT molecular complexity index is 955. The highest BCUT2D eigenvalue weighted by Gasteiger charge is 2.31. The van der Waals surface area contributed by atoms with E-state index in [1.165, 1.54) is 19.3 Å². The highest BCUT2D eigenvalue weighted by Crippen LogP contribution is 2.30. The van der Waals surface area contributed by atoms with E-state index in [1.807, 2.05) is 12.1 Å². The van der Waals surface area contributed by atoms with E-state index in [9.17, 15) is 9.18 Å². The van der Waals surface area contributed by atoms with Crippen LogP contribution in [0.3, 0.4) is 0 Å². The monoisotopic (exact) mass is 438 g/mol. The molecule has 5 rings (SSSR count). The van der Waals surface area contributed by atoms with E-state index >= 15 is 0 Å². The maximum Gasteiger partial charge on any atom is 0.156 e. The van der Waals surface area contributed by atoms with Gasteiger partial charge in [0.1, 0.15) is 23.8 Å². The molecule has 8 heteroatoms.